The number of rotatable bonds is 4. The summed E-state index contributed by atoms with van der Waals surface area (Å²) in [6.45, 7) is 0. The van der Waals surface area contributed by atoms with Crippen LogP contribution in [0.1, 0.15) is 45.2 Å². The second kappa shape index (κ2) is 10.1. The third-order valence-electron chi connectivity index (χ3n) is 9.62. The molecule has 2 aliphatic carbocycles. The molecule has 0 fully saturated rings. The van der Waals surface area contributed by atoms with Gasteiger partial charge in [0.05, 0.1) is 0 Å². The van der Waals surface area contributed by atoms with Gasteiger partial charge in [0.15, 0.2) is 0 Å². The van der Waals surface area contributed by atoms with Gasteiger partial charge in [0.2, 0.25) is 0 Å². The van der Waals surface area contributed by atoms with Crippen molar-refractivity contribution < 1.29 is 0 Å². The Labute approximate surface area is 258 Å². The molecule has 9 rings (SSSR count). The molecular weight excluding hydrogens is 528 g/mol. The Hall–Kier alpha value is -5.46. The van der Waals surface area contributed by atoms with E-state index in [-0.39, 0.29) is 11.8 Å². The zero-order valence-corrected chi connectivity index (χ0v) is 24.3. The molecule has 0 bridgehead atoms. The molecular formula is C44H30. The van der Waals surface area contributed by atoms with E-state index in [1.807, 2.05) is 0 Å². The Bertz CT molecular complexity index is 2100. The molecule has 7 aromatic rings. The lowest BCUT2D eigenvalue weighted by Crippen LogP contribution is -2.07. The first-order valence-electron chi connectivity index (χ1n) is 15.5. The third kappa shape index (κ3) is 3.85. The van der Waals surface area contributed by atoms with Gasteiger partial charge in [0.1, 0.15) is 0 Å². The van der Waals surface area contributed by atoms with Crippen molar-refractivity contribution in [3.63, 3.8) is 0 Å². The molecule has 206 valence electrons. The maximum atomic E-state index is 2.44. The van der Waals surface area contributed by atoms with E-state index in [1.165, 1.54) is 77.9 Å². The minimum Gasteiger partial charge on any atom is -0.0622 e. The summed E-state index contributed by atoms with van der Waals surface area (Å²) in [6, 6.07) is 62.8. The average molecular weight is 559 g/mol. The number of fused-ring (bicyclic) bond motifs is 7. The topological polar surface area (TPSA) is 0 Å². The number of hydrogen-bond acceptors (Lipinski definition) is 0. The number of hydrogen-bond donors (Lipinski definition) is 0. The van der Waals surface area contributed by atoms with Crippen molar-refractivity contribution in [1.29, 1.82) is 0 Å². The van der Waals surface area contributed by atoms with Gasteiger partial charge in [-0.3, -0.25) is 0 Å². The first-order chi connectivity index (χ1) is 21.8. The molecule has 0 heteroatoms. The second-order valence-corrected chi connectivity index (χ2v) is 12.0. The minimum atomic E-state index is 0.128. The van der Waals surface area contributed by atoms with Crippen molar-refractivity contribution in [2.45, 2.75) is 11.8 Å². The summed E-state index contributed by atoms with van der Waals surface area (Å²) in [5.41, 5.74) is 18.8. The van der Waals surface area contributed by atoms with Crippen molar-refractivity contribution in [3.8, 4) is 44.5 Å². The van der Waals surface area contributed by atoms with Crippen LogP contribution in [0.5, 0.6) is 0 Å². The summed E-state index contributed by atoms with van der Waals surface area (Å²) < 4.78 is 0. The summed E-state index contributed by atoms with van der Waals surface area (Å²) in [6.07, 6.45) is 0. The van der Waals surface area contributed by atoms with E-state index in [0.717, 1.165) is 0 Å². The SMILES string of the molecule is c1ccc(-c2cc(-c3ccccc3)cc(C3c4ccccc4-c4ccc5c(c43)C(c3ccccc3)c3ccccc3-5)c2)cc1. The van der Waals surface area contributed by atoms with Crippen molar-refractivity contribution >= 4 is 0 Å². The van der Waals surface area contributed by atoms with E-state index in [2.05, 4.69) is 170 Å². The molecule has 0 spiro atoms. The normalized spacial score (nSPS) is 15.7. The van der Waals surface area contributed by atoms with Crippen molar-refractivity contribution in [1.82, 2.24) is 0 Å². The zero-order chi connectivity index (χ0) is 29.0. The maximum Gasteiger partial charge on any atom is 0.0356 e. The van der Waals surface area contributed by atoms with Gasteiger partial charge >= 0.3 is 0 Å². The monoisotopic (exact) mass is 558 g/mol. The lowest BCUT2D eigenvalue weighted by atomic mass is 9.79. The Morgan fingerprint density at radius 1 is 0.273 bits per heavy atom. The van der Waals surface area contributed by atoms with Gasteiger partial charge in [0, 0.05) is 11.8 Å². The Morgan fingerprint density at radius 3 is 1.18 bits per heavy atom. The van der Waals surface area contributed by atoms with Crippen LogP contribution in [0.25, 0.3) is 44.5 Å². The molecule has 0 N–H and O–H groups in total. The molecule has 0 nitrogen and oxygen atoms in total. The molecule has 0 radical (unpaired) electrons. The molecule has 0 aromatic heterocycles. The van der Waals surface area contributed by atoms with E-state index in [1.54, 1.807) is 0 Å². The standard InChI is InChI=1S/C44H30/c1-4-14-29(15-5-1)32-26-33(30-16-6-2-7-17-30)28-34(27-32)42-38-23-13-11-21-36(38)40-25-24-39-35-20-10-12-22-37(35)41(43(39)44(40)42)31-18-8-3-9-19-31/h1-28,41-42H. The van der Waals surface area contributed by atoms with Crippen LogP contribution in [0, 0.1) is 0 Å². The lowest BCUT2D eigenvalue weighted by molar-refractivity contribution is 0.938. The lowest BCUT2D eigenvalue weighted by Gasteiger charge is -2.23. The predicted molar refractivity (Wildman–Crippen MR) is 183 cm³/mol. The van der Waals surface area contributed by atoms with Crippen LogP contribution in [0.3, 0.4) is 0 Å². The molecule has 2 atom stereocenters. The quantitative estimate of drug-likeness (QED) is 0.201. The first kappa shape index (κ1) is 25.1. The van der Waals surface area contributed by atoms with Crippen LogP contribution in [-0.2, 0) is 0 Å². The van der Waals surface area contributed by atoms with E-state index in [4.69, 9.17) is 0 Å². The van der Waals surface area contributed by atoms with E-state index in [9.17, 15) is 0 Å². The van der Waals surface area contributed by atoms with E-state index < -0.39 is 0 Å². The summed E-state index contributed by atoms with van der Waals surface area (Å²) in [7, 11) is 0. The summed E-state index contributed by atoms with van der Waals surface area (Å²) in [5, 5.41) is 0. The van der Waals surface area contributed by atoms with Gasteiger partial charge in [-0.25, -0.2) is 0 Å². The maximum absolute atomic E-state index is 2.44. The molecule has 7 aromatic carbocycles. The van der Waals surface area contributed by atoms with E-state index >= 15 is 0 Å². The van der Waals surface area contributed by atoms with Crippen LogP contribution in [0.2, 0.25) is 0 Å². The Kier molecular flexibility index (Phi) is 5.74. The number of benzene rings is 7. The highest BCUT2D eigenvalue weighted by Crippen LogP contribution is 2.58. The molecule has 44 heavy (non-hydrogen) atoms. The summed E-state index contributed by atoms with van der Waals surface area (Å²) >= 11 is 0. The smallest absolute Gasteiger partial charge is 0.0356 e. The molecule has 2 unspecified atom stereocenters. The predicted octanol–water partition coefficient (Wildman–Crippen LogP) is 11.3. The van der Waals surface area contributed by atoms with Crippen LogP contribution in [0.15, 0.2) is 170 Å². The van der Waals surface area contributed by atoms with Gasteiger partial charge < -0.3 is 0 Å². The molecule has 0 amide bonds. The van der Waals surface area contributed by atoms with Crippen molar-refractivity contribution in [2.75, 3.05) is 0 Å². The average Bonchev–Trinajstić information content (AvgIpc) is 3.62. The highest BCUT2D eigenvalue weighted by atomic mass is 14.4. The minimum absolute atomic E-state index is 0.128. The van der Waals surface area contributed by atoms with Crippen LogP contribution >= 0.6 is 0 Å². The fourth-order valence-corrected chi connectivity index (χ4v) is 7.78. The van der Waals surface area contributed by atoms with Gasteiger partial charge in [-0.1, -0.05) is 164 Å². The summed E-state index contributed by atoms with van der Waals surface area (Å²) in [5.74, 6) is 0.322. The van der Waals surface area contributed by atoms with Crippen molar-refractivity contribution in [2.24, 2.45) is 0 Å². The second-order valence-electron chi connectivity index (χ2n) is 12.0. The third-order valence-corrected chi connectivity index (χ3v) is 9.62. The van der Waals surface area contributed by atoms with E-state index in [0.29, 0.717) is 0 Å². The van der Waals surface area contributed by atoms with Gasteiger partial charge in [-0.05, 0) is 84.0 Å². The fourth-order valence-electron chi connectivity index (χ4n) is 7.78. The molecule has 0 aliphatic heterocycles. The van der Waals surface area contributed by atoms with Crippen molar-refractivity contribution in [3.05, 3.63) is 203 Å². The highest BCUT2D eigenvalue weighted by molar-refractivity contribution is 5.91. The Balaban J connectivity index is 1.35. The van der Waals surface area contributed by atoms with Crippen LogP contribution in [0.4, 0.5) is 0 Å². The van der Waals surface area contributed by atoms with Crippen LogP contribution < -0.4 is 0 Å². The molecule has 0 saturated carbocycles. The fraction of sp³-hybridized carbons (Fsp3) is 0.0455. The zero-order valence-electron chi connectivity index (χ0n) is 24.3. The Morgan fingerprint density at radius 2 is 0.682 bits per heavy atom. The molecule has 0 heterocycles. The molecule has 2 aliphatic rings. The highest BCUT2D eigenvalue weighted by Gasteiger charge is 2.40. The van der Waals surface area contributed by atoms with Crippen LogP contribution in [-0.4, -0.2) is 0 Å². The van der Waals surface area contributed by atoms with Gasteiger partial charge in [0.25, 0.3) is 0 Å². The summed E-state index contributed by atoms with van der Waals surface area (Å²) in [4.78, 5) is 0. The largest absolute Gasteiger partial charge is 0.0622 e. The van der Waals surface area contributed by atoms with Gasteiger partial charge in [-0.15, -0.1) is 0 Å². The van der Waals surface area contributed by atoms with Gasteiger partial charge in [-0.2, -0.15) is 0 Å². The first-order valence-corrected chi connectivity index (χ1v) is 15.5. The molecule has 0 saturated heterocycles.